The first-order valence-electron chi connectivity index (χ1n) is 9.61. The Morgan fingerprint density at radius 3 is 2.41 bits per heavy atom. The van der Waals surface area contributed by atoms with Crippen molar-refractivity contribution in [2.24, 2.45) is 0 Å². The monoisotopic (exact) mass is 431 g/mol. The summed E-state index contributed by atoms with van der Waals surface area (Å²) in [5.74, 6) is -1.37. The van der Waals surface area contributed by atoms with E-state index in [1.54, 1.807) is 36.2 Å². The first kappa shape index (κ1) is 20.9. The van der Waals surface area contributed by atoms with Crippen molar-refractivity contribution in [1.29, 1.82) is 0 Å². The second-order valence-corrected chi connectivity index (χ2v) is 6.97. The van der Waals surface area contributed by atoms with Crippen LogP contribution in [0.15, 0.2) is 66.7 Å². The third-order valence-electron chi connectivity index (χ3n) is 5.01. The second-order valence-electron chi connectivity index (χ2n) is 6.97. The number of halogens is 1. The van der Waals surface area contributed by atoms with E-state index in [0.717, 1.165) is 0 Å². The molecule has 3 aromatic carbocycles. The van der Waals surface area contributed by atoms with E-state index >= 15 is 0 Å². The molecule has 0 bridgehead atoms. The predicted octanol–water partition coefficient (Wildman–Crippen LogP) is 4.47. The Balaban J connectivity index is 1.84. The van der Waals surface area contributed by atoms with Crippen LogP contribution < -0.4 is 9.64 Å². The van der Waals surface area contributed by atoms with Gasteiger partial charge < -0.3 is 14.7 Å². The van der Waals surface area contributed by atoms with Crippen molar-refractivity contribution in [2.45, 2.75) is 0 Å². The second kappa shape index (κ2) is 8.43. The maximum absolute atomic E-state index is 13.3. The molecule has 1 aromatic heterocycles. The number of hydrogen-bond acceptors (Lipinski definition) is 6. The number of fused-ring (bicyclic) bond motifs is 1. The highest BCUT2D eigenvalue weighted by Gasteiger charge is 2.20. The zero-order chi connectivity index (χ0) is 22.8. The maximum Gasteiger partial charge on any atom is 0.339 e. The maximum atomic E-state index is 13.3. The molecule has 0 spiro atoms. The Hall–Kier alpha value is -4.33. The Labute approximate surface area is 182 Å². The molecule has 160 valence electrons. The summed E-state index contributed by atoms with van der Waals surface area (Å²) in [5, 5.41) is 10.0. The van der Waals surface area contributed by atoms with E-state index in [0.29, 0.717) is 22.4 Å². The molecule has 0 unspecified atom stereocenters. The first-order valence-corrected chi connectivity index (χ1v) is 9.61. The van der Waals surface area contributed by atoms with Crippen molar-refractivity contribution in [3.05, 3.63) is 89.5 Å². The third kappa shape index (κ3) is 3.85. The molecule has 0 atom stereocenters. The van der Waals surface area contributed by atoms with Crippen LogP contribution in [0.3, 0.4) is 0 Å². The van der Waals surface area contributed by atoms with Gasteiger partial charge >= 0.3 is 5.97 Å². The number of carbonyl (C=O) groups excluding carboxylic acids is 1. The molecule has 8 heteroatoms. The summed E-state index contributed by atoms with van der Waals surface area (Å²) in [4.78, 5) is 35.0. The average Bonchev–Trinajstić information content (AvgIpc) is 2.82. The molecule has 1 heterocycles. The van der Waals surface area contributed by atoms with Gasteiger partial charge in [0, 0.05) is 29.8 Å². The fourth-order valence-corrected chi connectivity index (χ4v) is 3.33. The highest BCUT2D eigenvalue weighted by molar-refractivity contribution is 6.08. The number of aromatic nitrogens is 2. The predicted molar refractivity (Wildman–Crippen MR) is 117 cm³/mol. The zero-order valence-corrected chi connectivity index (χ0v) is 17.2. The van der Waals surface area contributed by atoms with Gasteiger partial charge in [-0.15, -0.1) is 0 Å². The normalized spacial score (nSPS) is 10.7. The van der Waals surface area contributed by atoms with Gasteiger partial charge in [-0.3, -0.25) is 4.79 Å². The van der Waals surface area contributed by atoms with Crippen LogP contribution in [0.2, 0.25) is 0 Å². The Morgan fingerprint density at radius 2 is 1.72 bits per heavy atom. The van der Waals surface area contributed by atoms with Crippen molar-refractivity contribution in [2.75, 3.05) is 19.1 Å². The number of nitrogens with zero attached hydrogens (tertiary/aromatic N) is 3. The molecule has 0 saturated heterocycles. The number of benzene rings is 3. The lowest BCUT2D eigenvalue weighted by Gasteiger charge is -2.21. The average molecular weight is 431 g/mol. The van der Waals surface area contributed by atoms with Crippen LogP contribution in [0.5, 0.6) is 5.75 Å². The topological polar surface area (TPSA) is 92.6 Å². The summed E-state index contributed by atoms with van der Waals surface area (Å²) < 4.78 is 18.5. The van der Waals surface area contributed by atoms with Crippen molar-refractivity contribution in [1.82, 2.24) is 9.97 Å². The van der Waals surface area contributed by atoms with E-state index in [1.807, 2.05) is 12.1 Å². The van der Waals surface area contributed by atoms with Crippen molar-refractivity contribution in [3.8, 4) is 5.75 Å². The smallest absolute Gasteiger partial charge is 0.339 e. The number of rotatable bonds is 6. The lowest BCUT2D eigenvalue weighted by Crippen LogP contribution is -2.16. The minimum atomic E-state index is -1.10. The lowest BCUT2D eigenvalue weighted by atomic mass is 10.1. The number of ketones is 1. The minimum Gasteiger partial charge on any atom is -0.496 e. The molecule has 0 amide bonds. The quantitative estimate of drug-likeness (QED) is 0.450. The van der Waals surface area contributed by atoms with Crippen LogP contribution in [0.4, 0.5) is 15.9 Å². The van der Waals surface area contributed by atoms with E-state index in [4.69, 9.17) is 4.74 Å². The van der Waals surface area contributed by atoms with E-state index in [-0.39, 0.29) is 22.7 Å². The third-order valence-corrected chi connectivity index (χ3v) is 5.01. The summed E-state index contributed by atoms with van der Waals surface area (Å²) in [6.07, 6.45) is 0. The molecule has 0 fully saturated rings. The number of hydrogen-bond donors (Lipinski definition) is 1. The largest absolute Gasteiger partial charge is 0.496 e. The highest BCUT2D eigenvalue weighted by Crippen LogP contribution is 2.32. The van der Waals surface area contributed by atoms with Gasteiger partial charge in [0.15, 0.2) is 0 Å². The molecule has 1 N–H and O–H groups in total. The number of anilines is 2. The van der Waals surface area contributed by atoms with Crippen LogP contribution in [0.25, 0.3) is 10.9 Å². The SMILES string of the molecule is COc1cc(N(C)c2nc(C(=O)c3ccc(F)cc3)nc3ccccc23)ccc1C(=O)O. The van der Waals surface area contributed by atoms with E-state index in [1.165, 1.54) is 37.4 Å². The number of carboxylic acid groups (broad SMARTS) is 1. The van der Waals surface area contributed by atoms with Gasteiger partial charge in [0.05, 0.1) is 12.6 Å². The molecule has 0 aliphatic carbocycles. The summed E-state index contributed by atoms with van der Waals surface area (Å²) in [6.45, 7) is 0. The Morgan fingerprint density at radius 1 is 1.00 bits per heavy atom. The van der Waals surface area contributed by atoms with Gasteiger partial charge in [-0.05, 0) is 48.5 Å². The number of aromatic carboxylic acids is 1. The zero-order valence-electron chi connectivity index (χ0n) is 17.2. The van der Waals surface area contributed by atoms with Gasteiger partial charge in [-0.2, -0.15) is 0 Å². The number of methoxy groups -OCH3 is 1. The van der Waals surface area contributed by atoms with Crippen molar-refractivity contribution < 1.29 is 23.8 Å². The van der Waals surface area contributed by atoms with Crippen LogP contribution in [0, 0.1) is 5.82 Å². The van der Waals surface area contributed by atoms with Crippen LogP contribution in [0.1, 0.15) is 26.5 Å². The molecular weight excluding hydrogens is 413 g/mol. The van der Waals surface area contributed by atoms with E-state index in [2.05, 4.69) is 9.97 Å². The minimum absolute atomic E-state index is 0.0318. The van der Waals surface area contributed by atoms with E-state index in [9.17, 15) is 19.1 Å². The van der Waals surface area contributed by atoms with Gasteiger partial charge in [0.25, 0.3) is 0 Å². The number of para-hydroxylation sites is 1. The number of ether oxygens (including phenoxy) is 1. The fourth-order valence-electron chi connectivity index (χ4n) is 3.33. The molecular formula is C24H18FN3O4. The molecule has 0 radical (unpaired) electrons. The molecule has 4 aromatic rings. The molecule has 0 saturated carbocycles. The van der Waals surface area contributed by atoms with Crippen molar-refractivity contribution >= 4 is 34.2 Å². The van der Waals surface area contributed by atoms with Crippen LogP contribution in [-0.2, 0) is 0 Å². The number of carboxylic acids is 1. The number of carbonyl (C=O) groups is 2. The summed E-state index contributed by atoms with van der Waals surface area (Å²) in [5.41, 5.74) is 1.46. The molecule has 4 rings (SSSR count). The van der Waals surface area contributed by atoms with Gasteiger partial charge in [0.2, 0.25) is 11.6 Å². The lowest BCUT2D eigenvalue weighted by molar-refractivity contribution is 0.0693. The molecule has 7 nitrogen and oxygen atoms in total. The van der Waals surface area contributed by atoms with Crippen LogP contribution in [-0.4, -0.2) is 41.0 Å². The molecule has 0 aliphatic rings. The summed E-state index contributed by atoms with van der Waals surface area (Å²) in [6, 6.07) is 17.1. The van der Waals surface area contributed by atoms with Gasteiger partial charge in [-0.25, -0.2) is 19.2 Å². The fraction of sp³-hybridized carbons (Fsp3) is 0.0833. The molecule has 32 heavy (non-hydrogen) atoms. The van der Waals surface area contributed by atoms with Crippen LogP contribution >= 0.6 is 0 Å². The van der Waals surface area contributed by atoms with Crippen molar-refractivity contribution in [3.63, 3.8) is 0 Å². The molecule has 0 aliphatic heterocycles. The van der Waals surface area contributed by atoms with Gasteiger partial charge in [0.1, 0.15) is 22.9 Å². The Kier molecular flexibility index (Phi) is 5.51. The highest BCUT2D eigenvalue weighted by atomic mass is 19.1. The summed E-state index contributed by atoms with van der Waals surface area (Å²) in [7, 11) is 3.14. The first-order chi connectivity index (χ1) is 15.4. The Bertz CT molecular complexity index is 1340. The van der Waals surface area contributed by atoms with E-state index < -0.39 is 17.6 Å². The summed E-state index contributed by atoms with van der Waals surface area (Å²) >= 11 is 0. The standard InChI is InChI=1S/C24H18FN3O4/c1-28(16-11-12-18(24(30)31)20(13-16)32-2)23-17-5-3-4-6-19(17)26-22(27-23)21(29)14-7-9-15(25)10-8-14/h3-13H,1-2H3,(H,30,31). The van der Waals surface area contributed by atoms with Gasteiger partial charge in [-0.1, -0.05) is 12.1 Å².